The Balaban J connectivity index is 1.73. The molecule has 2 amide bonds. The molecule has 2 aromatic heterocycles. The number of aromatic nitrogens is 3. The van der Waals surface area contributed by atoms with Gasteiger partial charge < -0.3 is 10.1 Å². The van der Waals surface area contributed by atoms with Crippen LogP contribution >= 0.6 is 23.2 Å². The van der Waals surface area contributed by atoms with Crippen LogP contribution in [-0.4, -0.2) is 33.7 Å². The number of rotatable bonds is 4. The molecule has 1 N–H and O–H groups in total. The number of pyridine rings is 1. The largest absolute Gasteiger partial charge is 0.494 e. The first kappa shape index (κ1) is 23.5. The number of benzene rings is 2. The van der Waals surface area contributed by atoms with E-state index in [-0.39, 0.29) is 11.6 Å². The van der Waals surface area contributed by atoms with Gasteiger partial charge in [-0.05, 0) is 36.2 Å². The van der Waals surface area contributed by atoms with Crippen molar-refractivity contribution < 1.29 is 14.3 Å². The fourth-order valence-electron chi connectivity index (χ4n) is 5.40. The second-order valence-corrected chi connectivity index (χ2v) is 10.1. The number of methoxy groups -OCH3 is 1. The van der Waals surface area contributed by atoms with Crippen LogP contribution in [0.25, 0.3) is 5.69 Å². The maximum absolute atomic E-state index is 14.2. The van der Waals surface area contributed by atoms with Gasteiger partial charge in [0.05, 0.1) is 29.7 Å². The van der Waals surface area contributed by atoms with E-state index in [4.69, 9.17) is 33.0 Å². The Hall–Kier alpha value is -3.88. The number of carbonyl (C=O) groups excluding carboxylic acids is 2. The van der Waals surface area contributed by atoms with Crippen molar-refractivity contribution in [1.29, 1.82) is 0 Å². The van der Waals surface area contributed by atoms with E-state index in [1.807, 2.05) is 38.1 Å². The summed E-state index contributed by atoms with van der Waals surface area (Å²) in [5, 5.41) is 8.55. The molecular formula is C27H21Cl2N5O3. The van der Waals surface area contributed by atoms with Crippen LogP contribution in [0.4, 0.5) is 11.4 Å². The molecule has 2 aliphatic rings. The van der Waals surface area contributed by atoms with Gasteiger partial charge in [0.15, 0.2) is 11.2 Å². The number of anilines is 2. The van der Waals surface area contributed by atoms with E-state index < -0.39 is 17.4 Å². The van der Waals surface area contributed by atoms with Crippen molar-refractivity contribution in [2.75, 3.05) is 17.3 Å². The molecule has 2 aromatic carbocycles. The van der Waals surface area contributed by atoms with Crippen LogP contribution in [0.15, 0.2) is 60.9 Å². The molecule has 4 aromatic rings. The second kappa shape index (κ2) is 8.33. The van der Waals surface area contributed by atoms with E-state index in [1.165, 1.54) is 17.3 Å². The third-order valence-corrected chi connectivity index (χ3v) is 7.22. The van der Waals surface area contributed by atoms with Crippen molar-refractivity contribution in [1.82, 2.24) is 14.8 Å². The molecule has 0 radical (unpaired) electrons. The number of nitrogens with zero attached hydrogens (tertiary/aromatic N) is 4. The van der Waals surface area contributed by atoms with Crippen LogP contribution in [0, 0.1) is 0 Å². The van der Waals surface area contributed by atoms with Gasteiger partial charge in [-0.15, -0.1) is 0 Å². The fraction of sp³-hybridized carbons (Fsp3) is 0.185. The zero-order valence-corrected chi connectivity index (χ0v) is 21.6. The highest BCUT2D eigenvalue weighted by Gasteiger charge is 2.64. The highest BCUT2D eigenvalue weighted by atomic mass is 35.5. The molecule has 186 valence electrons. The number of nitrogens with one attached hydrogen (secondary N) is 1. The van der Waals surface area contributed by atoms with Gasteiger partial charge >= 0.3 is 0 Å². The van der Waals surface area contributed by atoms with E-state index in [1.54, 1.807) is 36.1 Å². The molecule has 4 heterocycles. The monoisotopic (exact) mass is 533 g/mol. The van der Waals surface area contributed by atoms with E-state index in [0.717, 1.165) is 0 Å². The van der Waals surface area contributed by atoms with Crippen LogP contribution in [-0.2, 0) is 10.3 Å². The van der Waals surface area contributed by atoms with Gasteiger partial charge in [-0.3, -0.25) is 19.5 Å². The van der Waals surface area contributed by atoms with Gasteiger partial charge in [-0.25, -0.2) is 4.68 Å². The Bertz CT molecular complexity index is 1620. The van der Waals surface area contributed by atoms with Gasteiger partial charge in [-0.2, -0.15) is 5.10 Å². The lowest BCUT2D eigenvalue weighted by molar-refractivity contribution is -0.119. The van der Waals surface area contributed by atoms with Gasteiger partial charge in [0.2, 0.25) is 0 Å². The first-order valence-corrected chi connectivity index (χ1v) is 12.4. The third-order valence-electron chi connectivity index (χ3n) is 6.78. The molecule has 37 heavy (non-hydrogen) atoms. The number of halogens is 2. The smallest absolute Gasteiger partial charge is 0.280 e. The zero-order valence-electron chi connectivity index (χ0n) is 20.1. The molecule has 0 saturated heterocycles. The minimum Gasteiger partial charge on any atom is -0.494 e. The molecule has 0 bridgehead atoms. The molecule has 1 atom stereocenters. The summed E-state index contributed by atoms with van der Waals surface area (Å²) >= 11 is 12.6. The van der Waals surface area contributed by atoms with Crippen molar-refractivity contribution in [3.63, 3.8) is 0 Å². The zero-order chi connectivity index (χ0) is 26.1. The van der Waals surface area contributed by atoms with Crippen LogP contribution in [0.2, 0.25) is 10.0 Å². The Morgan fingerprint density at radius 1 is 1.03 bits per heavy atom. The topological polar surface area (TPSA) is 89.3 Å². The van der Waals surface area contributed by atoms with Crippen molar-refractivity contribution in [3.05, 3.63) is 93.5 Å². The lowest BCUT2D eigenvalue weighted by Crippen LogP contribution is -2.50. The molecule has 6 rings (SSSR count). The SMILES string of the molecule is COc1ccccc1-n1nc2c(c1C(C)C)C1(C(=O)Nc3cc(Cl)ccc31)N(c1cncc(Cl)c1)C2=O. The number of amides is 2. The molecule has 10 heteroatoms. The summed E-state index contributed by atoms with van der Waals surface area (Å²) in [7, 11) is 1.58. The van der Waals surface area contributed by atoms with Gasteiger partial charge in [0.1, 0.15) is 11.4 Å². The summed E-state index contributed by atoms with van der Waals surface area (Å²) in [6, 6.07) is 14.2. The molecule has 1 spiro atoms. The normalized spacial score (nSPS) is 17.9. The van der Waals surface area contributed by atoms with E-state index in [0.29, 0.717) is 49.7 Å². The highest BCUT2D eigenvalue weighted by Crippen LogP contribution is 2.55. The molecule has 0 fully saturated rings. The summed E-state index contributed by atoms with van der Waals surface area (Å²) in [6.45, 7) is 4.00. The molecule has 8 nitrogen and oxygen atoms in total. The van der Waals surface area contributed by atoms with Crippen molar-refractivity contribution in [2.45, 2.75) is 25.3 Å². The lowest BCUT2D eigenvalue weighted by atomic mass is 9.81. The quantitative estimate of drug-likeness (QED) is 0.370. The predicted octanol–water partition coefficient (Wildman–Crippen LogP) is 5.56. The van der Waals surface area contributed by atoms with Crippen molar-refractivity contribution in [3.8, 4) is 11.4 Å². The number of para-hydroxylation sites is 2. The number of carbonyl (C=O) groups is 2. The summed E-state index contributed by atoms with van der Waals surface area (Å²) < 4.78 is 7.31. The average molecular weight is 534 g/mol. The summed E-state index contributed by atoms with van der Waals surface area (Å²) in [5.41, 5.74) is 2.02. The lowest BCUT2D eigenvalue weighted by Gasteiger charge is -2.35. The first-order chi connectivity index (χ1) is 17.8. The Kier molecular flexibility index (Phi) is 5.29. The Morgan fingerprint density at radius 3 is 2.54 bits per heavy atom. The van der Waals surface area contributed by atoms with E-state index in [2.05, 4.69) is 10.3 Å². The predicted molar refractivity (Wildman–Crippen MR) is 141 cm³/mol. The molecule has 1 unspecified atom stereocenters. The summed E-state index contributed by atoms with van der Waals surface area (Å²) in [6.07, 6.45) is 2.99. The highest BCUT2D eigenvalue weighted by molar-refractivity contribution is 6.32. The van der Waals surface area contributed by atoms with Gasteiger partial charge in [-0.1, -0.05) is 55.2 Å². The maximum atomic E-state index is 14.2. The van der Waals surface area contributed by atoms with Crippen LogP contribution < -0.4 is 15.0 Å². The molecular weight excluding hydrogens is 513 g/mol. The number of ether oxygens (including phenoxy) is 1. The van der Waals surface area contributed by atoms with Crippen LogP contribution in [0.3, 0.4) is 0 Å². The van der Waals surface area contributed by atoms with Gasteiger partial charge in [0.25, 0.3) is 11.8 Å². The first-order valence-electron chi connectivity index (χ1n) is 11.6. The second-order valence-electron chi connectivity index (χ2n) is 9.20. The minimum absolute atomic E-state index is 0.118. The summed E-state index contributed by atoms with van der Waals surface area (Å²) in [4.78, 5) is 34.0. The van der Waals surface area contributed by atoms with Gasteiger partial charge in [0, 0.05) is 28.0 Å². The van der Waals surface area contributed by atoms with E-state index in [9.17, 15) is 9.59 Å². The third kappa shape index (κ3) is 3.15. The van der Waals surface area contributed by atoms with Crippen LogP contribution in [0.1, 0.15) is 47.1 Å². The number of fused-ring (bicyclic) bond motifs is 4. The molecule has 0 saturated carbocycles. The number of hydrogen-bond acceptors (Lipinski definition) is 5. The Morgan fingerprint density at radius 2 is 1.81 bits per heavy atom. The Labute approximate surface area is 222 Å². The standard InChI is InChI=1S/C27H21Cl2N5O3/c1-14(2)24-22-23(32-34(24)20-6-4-5-7-21(20)37-3)25(35)33(17-10-16(29)12-30-13-17)27(22)18-9-8-15(28)11-19(18)31-26(27)36/h4-14H,1-3H3,(H,31,36). The van der Waals surface area contributed by atoms with Crippen LogP contribution in [0.5, 0.6) is 5.75 Å². The molecule has 0 aliphatic carbocycles. The summed E-state index contributed by atoms with van der Waals surface area (Å²) in [5.74, 6) is -0.357. The number of hydrogen-bond donors (Lipinski definition) is 1. The maximum Gasteiger partial charge on any atom is 0.280 e. The van der Waals surface area contributed by atoms with Crippen molar-refractivity contribution in [2.24, 2.45) is 0 Å². The fourth-order valence-corrected chi connectivity index (χ4v) is 5.74. The minimum atomic E-state index is -1.54. The molecule has 2 aliphatic heterocycles. The average Bonchev–Trinajstić information content (AvgIpc) is 3.48. The van der Waals surface area contributed by atoms with Crippen molar-refractivity contribution >= 4 is 46.4 Å². The van der Waals surface area contributed by atoms with E-state index >= 15 is 0 Å².